The lowest BCUT2D eigenvalue weighted by atomic mass is 10.1. The van der Waals surface area contributed by atoms with Crippen LogP contribution in [0.25, 0.3) is 11.4 Å². The second kappa shape index (κ2) is 17.7. The van der Waals surface area contributed by atoms with E-state index in [0.29, 0.717) is 16.4 Å². The Morgan fingerprint density at radius 3 is 1.55 bits per heavy atom. The fourth-order valence-electron chi connectivity index (χ4n) is 5.74. The van der Waals surface area contributed by atoms with E-state index in [-0.39, 0.29) is 35.6 Å². The highest BCUT2D eigenvalue weighted by atomic mass is 35.5. The van der Waals surface area contributed by atoms with Crippen LogP contribution in [-0.4, -0.2) is 28.1 Å². The van der Waals surface area contributed by atoms with Crippen molar-refractivity contribution in [3.63, 3.8) is 0 Å². The van der Waals surface area contributed by atoms with Gasteiger partial charge in [0.1, 0.15) is 28.5 Å². The van der Waals surface area contributed by atoms with Gasteiger partial charge in [0.15, 0.2) is 0 Å². The van der Waals surface area contributed by atoms with Gasteiger partial charge in [-0.3, -0.25) is 28.3 Å². The molecule has 0 bridgehead atoms. The molecule has 0 aliphatic carbocycles. The first-order chi connectivity index (χ1) is 26.3. The highest BCUT2D eigenvalue weighted by Crippen LogP contribution is 2.18. The Balaban J connectivity index is 0.000000211. The summed E-state index contributed by atoms with van der Waals surface area (Å²) in [5.41, 5.74) is 3.43. The van der Waals surface area contributed by atoms with Crippen molar-refractivity contribution in [2.45, 2.75) is 40.8 Å². The van der Waals surface area contributed by atoms with Gasteiger partial charge in [0.25, 0.3) is 22.9 Å². The molecule has 2 N–H and O–H groups in total. The zero-order chi connectivity index (χ0) is 39.8. The Morgan fingerprint density at radius 1 is 0.618 bits per heavy atom. The number of carbonyl (C=O) groups excluding carboxylic acids is 2. The van der Waals surface area contributed by atoms with Crippen LogP contribution in [0.2, 0.25) is 5.02 Å². The smallest absolute Gasteiger partial charge is 0.268 e. The Bertz CT molecular complexity index is 2500. The molecule has 0 spiro atoms. The molecule has 12 heteroatoms. The van der Waals surface area contributed by atoms with Crippen molar-refractivity contribution in [3.8, 4) is 17.1 Å². The van der Waals surface area contributed by atoms with E-state index in [9.17, 15) is 28.0 Å². The van der Waals surface area contributed by atoms with E-state index >= 15 is 0 Å². The van der Waals surface area contributed by atoms with Gasteiger partial charge in [-0.05, 0) is 123 Å². The lowest BCUT2D eigenvalue weighted by Gasteiger charge is -2.13. The molecular weight excluding hydrogens is 726 g/mol. The van der Waals surface area contributed by atoms with Crippen molar-refractivity contribution in [3.05, 3.63) is 191 Å². The van der Waals surface area contributed by atoms with Gasteiger partial charge in [0, 0.05) is 29.5 Å². The summed E-state index contributed by atoms with van der Waals surface area (Å²) in [6, 6.07) is 29.5. The van der Waals surface area contributed by atoms with Crippen molar-refractivity contribution >= 4 is 23.4 Å². The minimum Gasteiger partial charge on any atom is -0.497 e. The van der Waals surface area contributed by atoms with Crippen molar-refractivity contribution in [1.29, 1.82) is 0 Å². The maximum absolute atomic E-state index is 14.3. The molecule has 55 heavy (non-hydrogen) atoms. The fourth-order valence-corrected chi connectivity index (χ4v) is 5.95. The van der Waals surface area contributed by atoms with Crippen LogP contribution in [0.1, 0.15) is 54.4 Å². The summed E-state index contributed by atoms with van der Waals surface area (Å²) in [6.07, 6.45) is 0. The summed E-state index contributed by atoms with van der Waals surface area (Å²) in [5.74, 6) is -1.37. The van der Waals surface area contributed by atoms with Crippen LogP contribution >= 0.6 is 11.6 Å². The fraction of sp³-hybridized carbons (Fsp3) is 0.163. The standard InChI is InChI=1S/C22H21FN2O3.C21H18ClFN2O2/c1-14-4-11-19(23)20(12-14)25-15(2)5-10-18(22(25)27)21(26)24-13-16-6-8-17(28-3)9-7-16;1-13-6-9-18(23)19(10-13)25-14(2)7-8-17(21(25)27)20(26)24-12-15-4-3-5-16(22)11-15/h4-12H,13H2,1-3H3,(H,24,26);3-11H,12H2,1-2H3,(H,24,26). The van der Waals surface area contributed by atoms with Crippen LogP contribution in [0, 0.1) is 39.3 Å². The average Bonchev–Trinajstić information content (AvgIpc) is 3.16. The topological polar surface area (TPSA) is 111 Å². The first kappa shape index (κ1) is 39.9. The van der Waals surface area contributed by atoms with E-state index in [0.717, 1.165) is 28.0 Å². The third-order valence-electron chi connectivity index (χ3n) is 8.68. The van der Waals surface area contributed by atoms with Gasteiger partial charge < -0.3 is 15.4 Å². The van der Waals surface area contributed by atoms with Crippen LogP contribution in [-0.2, 0) is 13.1 Å². The maximum atomic E-state index is 14.3. The zero-order valence-corrected chi connectivity index (χ0v) is 31.6. The number of hydrogen-bond acceptors (Lipinski definition) is 5. The molecule has 282 valence electrons. The van der Waals surface area contributed by atoms with Gasteiger partial charge in [-0.25, -0.2) is 8.78 Å². The average molecular weight is 765 g/mol. The van der Waals surface area contributed by atoms with Crippen LogP contribution in [0.5, 0.6) is 5.75 Å². The predicted octanol–water partition coefficient (Wildman–Crippen LogP) is 7.71. The van der Waals surface area contributed by atoms with E-state index in [2.05, 4.69) is 10.6 Å². The number of carbonyl (C=O) groups is 2. The number of rotatable bonds is 9. The van der Waals surface area contributed by atoms with Gasteiger partial charge in [-0.1, -0.05) is 48.0 Å². The number of halogens is 3. The van der Waals surface area contributed by atoms with Crippen LogP contribution in [0.15, 0.2) is 119 Å². The Kier molecular flexibility index (Phi) is 12.8. The zero-order valence-electron chi connectivity index (χ0n) is 30.9. The predicted molar refractivity (Wildman–Crippen MR) is 210 cm³/mol. The largest absolute Gasteiger partial charge is 0.497 e. The SMILES string of the molecule is COc1ccc(CNC(=O)c2ccc(C)n(-c3cc(C)ccc3F)c2=O)cc1.Cc1ccc(F)c(-n2c(C)ccc(C(=O)NCc3cccc(Cl)c3)c2=O)c1. The molecule has 6 rings (SSSR count). The second-order valence-electron chi connectivity index (χ2n) is 12.8. The normalized spacial score (nSPS) is 10.6. The number of amides is 2. The molecule has 2 aromatic heterocycles. The van der Waals surface area contributed by atoms with Crippen LogP contribution in [0.4, 0.5) is 8.78 Å². The van der Waals surface area contributed by atoms with E-state index in [1.165, 1.54) is 33.4 Å². The molecule has 0 radical (unpaired) electrons. The summed E-state index contributed by atoms with van der Waals surface area (Å²) in [6.45, 7) is 7.50. The van der Waals surface area contributed by atoms with E-state index in [4.69, 9.17) is 16.3 Å². The van der Waals surface area contributed by atoms with Crippen molar-refractivity contribution in [2.24, 2.45) is 0 Å². The molecule has 6 aromatic rings. The van der Waals surface area contributed by atoms with Gasteiger partial charge in [-0.2, -0.15) is 0 Å². The van der Waals surface area contributed by atoms with Crippen LogP contribution < -0.4 is 26.5 Å². The Labute approximate surface area is 321 Å². The molecule has 9 nitrogen and oxygen atoms in total. The number of nitrogens with zero attached hydrogens (tertiary/aromatic N) is 2. The van der Waals surface area contributed by atoms with Crippen molar-refractivity contribution in [1.82, 2.24) is 19.8 Å². The number of aryl methyl sites for hydroxylation is 4. The molecular formula is C43H39ClF2N4O5. The summed E-state index contributed by atoms with van der Waals surface area (Å²) >= 11 is 5.93. The monoisotopic (exact) mass is 764 g/mol. The third kappa shape index (κ3) is 9.62. The van der Waals surface area contributed by atoms with Crippen molar-refractivity contribution < 1.29 is 23.1 Å². The molecule has 0 saturated carbocycles. The molecule has 2 heterocycles. The van der Waals surface area contributed by atoms with Gasteiger partial charge >= 0.3 is 0 Å². The van der Waals surface area contributed by atoms with Gasteiger partial charge in [0.2, 0.25) is 0 Å². The molecule has 0 unspecified atom stereocenters. The molecule has 0 saturated heterocycles. The summed E-state index contributed by atoms with van der Waals surface area (Å²) in [4.78, 5) is 50.9. The van der Waals surface area contributed by atoms with Crippen LogP contribution in [0.3, 0.4) is 0 Å². The third-order valence-corrected chi connectivity index (χ3v) is 8.92. The molecule has 0 aliphatic rings. The minimum atomic E-state index is -0.567. The molecule has 0 atom stereocenters. The highest BCUT2D eigenvalue weighted by molar-refractivity contribution is 6.30. The first-order valence-corrected chi connectivity index (χ1v) is 17.6. The summed E-state index contributed by atoms with van der Waals surface area (Å²) in [5, 5.41) is 6.00. The lowest BCUT2D eigenvalue weighted by molar-refractivity contribution is 0.0941. The lowest BCUT2D eigenvalue weighted by Crippen LogP contribution is -2.33. The first-order valence-electron chi connectivity index (χ1n) is 17.2. The number of benzene rings is 4. The van der Waals surface area contributed by atoms with Gasteiger partial charge in [-0.15, -0.1) is 0 Å². The molecule has 2 amide bonds. The number of ether oxygens (including phenoxy) is 1. The second-order valence-corrected chi connectivity index (χ2v) is 13.2. The number of pyridine rings is 2. The molecule has 0 fully saturated rings. The van der Waals surface area contributed by atoms with E-state index in [1.54, 1.807) is 87.7 Å². The molecule has 0 aliphatic heterocycles. The number of aromatic nitrogens is 2. The summed E-state index contributed by atoms with van der Waals surface area (Å²) < 4.78 is 36.1. The maximum Gasteiger partial charge on any atom is 0.268 e. The summed E-state index contributed by atoms with van der Waals surface area (Å²) in [7, 11) is 1.58. The number of nitrogens with one attached hydrogen (secondary N) is 2. The Morgan fingerprint density at radius 2 is 1.09 bits per heavy atom. The van der Waals surface area contributed by atoms with Crippen molar-refractivity contribution in [2.75, 3.05) is 7.11 Å². The Hall–Kier alpha value is -6.33. The van der Waals surface area contributed by atoms with Gasteiger partial charge in [0.05, 0.1) is 18.5 Å². The number of hydrogen-bond donors (Lipinski definition) is 2. The minimum absolute atomic E-state index is 0.0417. The van der Waals surface area contributed by atoms with E-state index in [1.807, 2.05) is 32.0 Å². The highest BCUT2D eigenvalue weighted by Gasteiger charge is 2.18. The number of methoxy groups -OCH3 is 1. The van der Waals surface area contributed by atoms with E-state index < -0.39 is 34.6 Å². The molecule has 4 aromatic carbocycles. The quantitative estimate of drug-likeness (QED) is 0.157.